The van der Waals surface area contributed by atoms with Crippen molar-refractivity contribution in [2.24, 2.45) is 0 Å². The maximum Gasteiger partial charge on any atom is 0.256 e. The molecule has 1 saturated heterocycles. The molecule has 1 aliphatic rings. The SMILES string of the molecule is Cc1nnnn1-c1ccccc1C(=O)N1CCOC(c2ccccc2)C1. The van der Waals surface area contributed by atoms with Crippen molar-refractivity contribution in [3.8, 4) is 5.69 Å². The Morgan fingerprint density at radius 3 is 2.65 bits per heavy atom. The summed E-state index contributed by atoms with van der Waals surface area (Å²) >= 11 is 0. The zero-order valence-corrected chi connectivity index (χ0v) is 14.4. The zero-order valence-electron chi connectivity index (χ0n) is 14.4. The van der Waals surface area contributed by atoms with Gasteiger partial charge in [0.2, 0.25) is 0 Å². The second kappa shape index (κ2) is 7.05. The summed E-state index contributed by atoms with van der Waals surface area (Å²) in [5, 5.41) is 11.6. The minimum absolute atomic E-state index is 0.0419. The van der Waals surface area contributed by atoms with Crippen molar-refractivity contribution in [2.75, 3.05) is 19.7 Å². The van der Waals surface area contributed by atoms with Crippen LogP contribution in [0.15, 0.2) is 54.6 Å². The molecule has 132 valence electrons. The van der Waals surface area contributed by atoms with E-state index in [9.17, 15) is 4.79 Å². The lowest BCUT2D eigenvalue weighted by molar-refractivity contribution is -0.0228. The Kier molecular flexibility index (Phi) is 4.45. The molecule has 7 nitrogen and oxygen atoms in total. The van der Waals surface area contributed by atoms with Gasteiger partial charge in [-0.15, -0.1) is 5.10 Å². The number of para-hydroxylation sites is 1. The van der Waals surface area contributed by atoms with Gasteiger partial charge in [0.05, 0.1) is 24.4 Å². The van der Waals surface area contributed by atoms with Gasteiger partial charge in [-0.25, -0.2) is 0 Å². The molecule has 0 spiro atoms. The standard InChI is InChI=1S/C19H19N5O2/c1-14-20-21-22-24(14)17-10-6-5-9-16(17)19(25)23-11-12-26-18(13-23)15-7-3-2-4-8-15/h2-10,18H,11-13H2,1H3. The summed E-state index contributed by atoms with van der Waals surface area (Å²) in [7, 11) is 0. The molecule has 0 N–H and O–H groups in total. The largest absolute Gasteiger partial charge is 0.370 e. The first-order valence-corrected chi connectivity index (χ1v) is 8.54. The van der Waals surface area contributed by atoms with Crippen LogP contribution in [0.2, 0.25) is 0 Å². The van der Waals surface area contributed by atoms with E-state index in [1.165, 1.54) is 0 Å². The average molecular weight is 349 g/mol. The Hall–Kier alpha value is -3.06. The Bertz CT molecular complexity index is 909. The number of aryl methyl sites for hydroxylation is 1. The van der Waals surface area contributed by atoms with E-state index in [4.69, 9.17) is 4.74 Å². The summed E-state index contributed by atoms with van der Waals surface area (Å²) in [5.41, 5.74) is 2.34. The molecule has 7 heteroatoms. The van der Waals surface area contributed by atoms with E-state index in [0.29, 0.717) is 36.8 Å². The van der Waals surface area contributed by atoms with Gasteiger partial charge in [-0.2, -0.15) is 4.68 Å². The van der Waals surface area contributed by atoms with Crippen LogP contribution >= 0.6 is 0 Å². The second-order valence-electron chi connectivity index (χ2n) is 6.18. The number of aromatic nitrogens is 4. The molecular formula is C19H19N5O2. The van der Waals surface area contributed by atoms with E-state index in [-0.39, 0.29) is 12.0 Å². The van der Waals surface area contributed by atoms with Gasteiger partial charge in [0.1, 0.15) is 6.10 Å². The first kappa shape index (κ1) is 16.4. The number of rotatable bonds is 3. The zero-order chi connectivity index (χ0) is 17.9. The predicted molar refractivity (Wildman–Crippen MR) is 94.9 cm³/mol. The number of hydrogen-bond donors (Lipinski definition) is 0. The number of carbonyl (C=O) groups excluding carboxylic acids is 1. The second-order valence-corrected chi connectivity index (χ2v) is 6.18. The summed E-state index contributed by atoms with van der Waals surface area (Å²) < 4.78 is 7.46. The van der Waals surface area contributed by atoms with Crippen LogP contribution < -0.4 is 0 Å². The number of amides is 1. The van der Waals surface area contributed by atoms with Gasteiger partial charge >= 0.3 is 0 Å². The van der Waals surface area contributed by atoms with E-state index in [0.717, 1.165) is 5.56 Å². The average Bonchev–Trinajstić information content (AvgIpc) is 3.14. The van der Waals surface area contributed by atoms with Crippen molar-refractivity contribution in [1.29, 1.82) is 0 Å². The molecule has 1 aromatic heterocycles. The molecule has 0 radical (unpaired) electrons. The Labute approximate surface area is 151 Å². The van der Waals surface area contributed by atoms with Crippen molar-refractivity contribution in [3.63, 3.8) is 0 Å². The third kappa shape index (κ3) is 3.09. The highest BCUT2D eigenvalue weighted by Crippen LogP contribution is 2.24. The van der Waals surface area contributed by atoms with Crippen LogP contribution in [0.25, 0.3) is 5.69 Å². The summed E-state index contributed by atoms with van der Waals surface area (Å²) in [6.45, 7) is 3.40. The fraction of sp³-hybridized carbons (Fsp3) is 0.263. The van der Waals surface area contributed by atoms with Crippen molar-refractivity contribution in [2.45, 2.75) is 13.0 Å². The third-order valence-electron chi connectivity index (χ3n) is 4.51. The van der Waals surface area contributed by atoms with Gasteiger partial charge in [-0.1, -0.05) is 42.5 Å². The van der Waals surface area contributed by atoms with Crippen LogP contribution in [0.3, 0.4) is 0 Å². The molecule has 0 aliphatic carbocycles. The van der Waals surface area contributed by atoms with Gasteiger partial charge < -0.3 is 9.64 Å². The van der Waals surface area contributed by atoms with E-state index in [1.54, 1.807) is 11.6 Å². The first-order chi connectivity index (χ1) is 12.7. The first-order valence-electron chi connectivity index (χ1n) is 8.54. The third-order valence-corrected chi connectivity index (χ3v) is 4.51. The van der Waals surface area contributed by atoms with E-state index >= 15 is 0 Å². The highest BCUT2D eigenvalue weighted by atomic mass is 16.5. The van der Waals surface area contributed by atoms with Gasteiger partial charge in [-0.3, -0.25) is 4.79 Å². The van der Waals surface area contributed by atoms with Gasteiger partial charge in [0.25, 0.3) is 5.91 Å². The summed E-state index contributed by atoms with van der Waals surface area (Å²) in [6.07, 6.45) is -0.115. The van der Waals surface area contributed by atoms with Crippen LogP contribution in [0.1, 0.15) is 27.8 Å². The molecule has 4 rings (SSSR count). The molecule has 1 aliphatic heterocycles. The molecule has 1 unspecified atom stereocenters. The number of nitrogens with zero attached hydrogens (tertiary/aromatic N) is 5. The minimum Gasteiger partial charge on any atom is -0.370 e. The number of ether oxygens (including phenoxy) is 1. The van der Waals surface area contributed by atoms with Crippen molar-refractivity contribution in [3.05, 3.63) is 71.5 Å². The maximum atomic E-state index is 13.2. The summed E-state index contributed by atoms with van der Waals surface area (Å²) in [6, 6.07) is 17.4. The van der Waals surface area contributed by atoms with Crippen LogP contribution in [0.4, 0.5) is 0 Å². The number of benzene rings is 2. The molecular weight excluding hydrogens is 330 g/mol. The molecule has 0 saturated carbocycles. The number of carbonyl (C=O) groups is 1. The van der Waals surface area contributed by atoms with Crippen LogP contribution in [0.5, 0.6) is 0 Å². The minimum atomic E-state index is -0.115. The monoisotopic (exact) mass is 349 g/mol. The number of hydrogen-bond acceptors (Lipinski definition) is 5. The van der Waals surface area contributed by atoms with Gasteiger partial charge in [-0.05, 0) is 35.0 Å². The van der Waals surface area contributed by atoms with E-state index < -0.39 is 0 Å². The Morgan fingerprint density at radius 1 is 1.12 bits per heavy atom. The Balaban J connectivity index is 1.61. The van der Waals surface area contributed by atoms with Crippen molar-refractivity contribution in [1.82, 2.24) is 25.1 Å². The van der Waals surface area contributed by atoms with Crippen LogP contribution in [-0.2, 0) is 4.74 Å². The van der Waals surface area contributed by atoms with Gasteiger partial charge in [0.15, 0.2) is 5.82 Å². The molecule has 2 aromatic carbocycles. The molecule has 3 aromatic rings. The molecule has 1 atom stereocenters. The van der Waals surface area contributed by atoms with Crippen molar-refractivity contribution < 1.29 is 9.53 Å². The quantitative estimate of drug-likeness (QED) is 0.725. The topological polar surface area (TPSA) is 73.1 Å². The molecule has 1 amide bonds. The maximum absolute atomic E-state index is 13.2. The normalized spacial score (nSPS) is 17.3. The highest BCUT2D eigenvalue weighted by molar-refractivity contribution is 5.97. The van der Waals surface area contributed by atoms with Gasteiger partial charge in [0, 0.05) is 6.54 Å². The molecule has 26 heavy (non-hydrogen) atoms. The number of morpholine rings is 1. The lowest BCUT2D eigenvalue weighted by Gasteiger charge is -2.33. The summed E-state index contributed by atoms with van der Waals surface area (Å²) in [5.74, 6) is 0.592. The molecule has 0 bridgehead atoms. The van der Waals surface area contributed by atoms with E-state index in [1.807, 2.05) is 59.5 Å². The summed E-state index contributed by atoms with van der Waals surface area (Å²) in [4.78, 5) is 15.0. The smallest absolute Gasteiger partial charge is 0.256 e. The fourth-order valence-electron chi connectivity index (χ4n) is 3.17. The number of tetrazole rings is 1. The Morgan fingerprint density at radius 2 is 1.88 bits per heavy atom. The molecule has 1 fully saturated rings. The van der Waals surface area contributed by atoms with Crippen LogP contribution in [-0.4, -0.2) is 50.7 Å². The molecule has 2 heterocycles. The van der Waals surface area contributed by atoms with Crippen LogP contribution in [0, 0.1) is 6.92 Å². The lowest BCUT2D eigenvalue weighted by Crippen LogP contribution is -2.42. The highest BCUT2D eigenvalue weighted by Gasteiger charge is 2.27. The van der Waals surface area contributed by atoms with E-state index in [2.05, 4.69) is 15.5 Å². The lowest BCUT2D eigenvalue weighted by atomic mass is 10.1. The van der Waals surface area contributed by atoms with Crippen molar-refractivity contribution >= 4 is 5.91 Å². The predicted octanol–water partition coefficient (Wildman–Crippen LogP) is 2.18. The fourth-order valence-corrected chi connectivity index (χ4v) is 3.17.